The third-order valence-electron chi connectivity index (χ3n) is 4.22. The van der Waals surface area contributed by atoms with Crippen LogP contribution in [0, 0.1) is 11.6 Å². The van der Waals surface area contributed by atoms with Gasteiger partial charge in [-0.2, -0.15) is 0 Å². The Morgan fingerprint density at radius 2 is 1.65 bits per heavy atom. The number of nitrogens with zero attached hydrogens (tertiary/aromatic N) is 1. The van der Waals surface area contributed by atoms with Crippen LogP contribution in [0.15, 0.2) is 42.5 Å². The Balaban J connectivity index is 1.72. The van der Waals surface area contributed by atoms with Crippen molar-refractivity contribution in [2.45, 2.75) is 25.8 Å². The summed E-state index contributed by atoms with van der Waals surface area (Å²) in [6.45, 7) is 1.59. The highest BCUT2D eigenvalue weighted by molar-refractivity contribution is 6.19. The number of nitrogens with one attached hydrogen (secondary N) is 1. The van der Waals surface area contributed by atoms with Crippen LogP contribution in [0.1, 0.15) is 41.7 Å². The molecule has 1 N–H and O–H groups in total. The largest absolute Gasteiger partial charge is 0.345 e. The van der Waals surface area contributed by atoms with E-state index in [9.17, 15) is 23.2 Å². The number of carbonyl (C=O) groups excluding carboxylic acids is 3. The summed E-state index contributed by atoms with van der Waals surface area (Å²) in [5.74, 6) is -2.42. The zero-order valence-corrected chi connectivity index (χ0v) is 14.0. The molecule has 2 aromatic carbocycles. The molecular weight excluding hydrogens is 342 g/mol. The quantitative estimate of drug-likeness (QED) is 0.854. The fraction of sp³-hybridized carbons (Fsp3) is 0.211. The molecule has 0 radical (unpaired) electrons. The Bertz CT molecular complexity index is 865. The van der Waals surface area contributed by atoms with E-state index in [1.807, 2.05) is 0 Å². The Morgan fingerprint density at radius 3 is 2.23 bits per heavy atom. The first-order chi connectivity index (χ1) is 12.4. The smallest absolute Gasteiger partial charge is 0.251 e. The van der Waals surface area contributed by atoms with Crippen LogP contribution in [0.3, 0.4) is 0 Å². The van der Waals surface area contributed by atoms with Gasteiger partial charge in [0.05, 0.1) is 11.7 Å². The summed E-state index contributed by atoms with van der Waals surface area (Å²) in [7, 11) is 0. The van der Waals surface area contributed by atoms with Gasteiger partial charge in [0, 0.05) is 30.0 Å². The highest BCUT2D eigenvalue weighted by atomic mass is 19.1. The number of carbonyl (C=O) groups is 3. The van der Waals surface area contributed by atoms with Crippen LogP contribution in [0.5, 0.6) is 0 Å². The monoisotopic (exact) mass is 358 g/mol. The lowest BCUT2D eigenvalue weighted by atomic mass is 10.1. The predicted molar refractivity (Wildman–Crippen MR) is 90.4 cm³/mol. The minimum Gasteiger partial charge on any atom is -0.345 e. The zero-order valence-electron chi connectivity index (χ0n) is 14.0. The van der Waals surface area contributed by atoms with E-state index < -0.39 is 23.6 Å². The predicted octanol–water partition coefficient (Wildman–Crippen LogP) is 3.11. The van der Waals surface area contributed by atoms with E-state index in [-0.39, 0.29) is 30.2 Å². The van der Waals surface area contributed by atoms with Gasteiger partial charge in [0.2, 0.25) is 11.8 Å². The number of benzene rings is 2. The van der Waals surface area contributed by atoms with Crippen molar-refractivity contribution in [1.82, 2.24) is 5.32 Å². The highest BCUT2D eigenvalue weighted by Crippen LogP contribution is 2.23. The van der Waals surface area contributed by atoms with Gasteiger partial charge in [0.15, 0.2) is 0 Å². The number of amides is 3. The van der Waals surface area contributed by atoms with Crippen molar-refractivity contribution >= 4 is 23.4 Å². The molecule has 26 heavy (non-hydrogen) atoms. The first kappa shape index (κ1) is 17.7. The highest BCUT2D eigenvalue weighted by Gasteiger charge is 2.30. The third-order valence-corrected chi connectivity index (χ3v) is 4.22. The van der Waals surface area contributed by atoms with E-state index in [2.05, 4.69) is 5.32 Å². The summed E-state index contributed by atoms with van der Waals surface area (Å²) in [5, 5.41) is 2.63. The SMILES string of the molecule is C[C@H](NC(=O)c1ccc(N2C(=O)CCC2=O)cc1)c1ccc(F)cc1F. The van der Waals surface area contributed by atoms with Gasteiger partial charge in [-0.1, -0.05) is 6.07 Å². The maximum absolute atomic E-state index is 13.8. The Hall–Kier alpha value is -3.09. The van der Waals surface area contributed by atoms with Crippen LogP contribution in [0.2, 0.25) is 0 Å². The Labute approximate surface area is 148 Å². The topological polar surface area (TPSA) is 66.5 Å². The van der Waals surface area contributed by atoms with Gasteiger partial charge in [0.1, 0.15) is 11.6 Å². The molecule has 1 aliphatic heterocycles. The van der Waals surface area contributed by atoms with E-state index in [4.69, 9.17) is 0 Å². The summed E-state index contributed by atoms with van der Waals surface area (Å²) < 4.78 is 26.8. The summed E-state index contributed by atoms with van der Waals surface area (Å²) in [6, 6.07) is 8.50. The molecule has 2 aromatic rings. The maximum atomic E-state index is 13.8. The molecule has 3 rings (SSSR count). The molecule has 1 fully saturated rings. The van der Waals surface area contributed by atoms with E-state index >= 15 is 0 Å². The van der Waals surface area contributed by atoms with Gasteiger partial charge in [-0.15, -0.1) is 0 Å². The van der Waals surface area contributed by atoms with Gasteiger partial charge in [-0.3, -0.25) is 19.3 Å². The molecular formula is C19H16F2N2O3. The lowest BCUT2D eigenvalue weighted by Crippen LogP contribution is -2.29. The van der Waals surface area contributed by atoms with Crippen molar-refractivity contribution in [1.29, 1.82) is 0 Å². The normalized spacial score (nSPS) is 15.3. The minimum atomic E-state index is -0.737. The average molecular weight is 358 g/mol. The lowest BCUT2D eigenvalue weighted by molar-refractivity contribution is -0.121. The molecule has 7 heteroatoms. The van der Waals surface area contributed by atoms with Crippen molar-refractivity contribution in [3.63, 3.8) is 0 Å². The maximum Gasteiger partial charge on any atom is 0.251 e. The molecule has 0 aromatic heterocycles. The first-order valence-corrected chi connectivity index (χ1v) is 8.08. The molecule has 3 amide bonds. The van der Waals surface area contributed by atoms with Gasteiger partial charge in [-0.05, 0) is 37.3 Å². The molecule has 0 unspecified atom stereocenters. The van der Waals surface area contributed by atoms with Crippen LogP contribution in [-0.2, 0) is 9.59 Å². The van der Waals surface area contributed by atoms with Crippen LogP contribution in [-0.4, -0.2) is 17.7 Å². The number of rotatable bonds is 4. The number of hydrogen-bond acceptors (Lipinski definition) is 3. The number of anilines is 1. The Morgan fingerprint density at radius 1 is 1.04 bits per heavy atom. The van der Waals surface area contributed by atoms with E-state index in [0.717, 1.165) is 17.0 Å². The number of hydrogen-bond donors (Lipinski definition) is 1. The second kappa shape index (κ2) is 7.03. The lowest BCUT2D eigenvalue weighted by Gasteiger charge is -2.16. The average Bonchev–Trinajstić information content (AvgIpc) is 2.93. The summed E-state index contributed by atoms with van der Waals surface area (Å²) >= 11 is 0. The van der Waals surface area contributed by atoms with Gasteiger partial charge >= 0.3 is 0 Å². The molecule has 0 bridgehead atoms. The zero-order chi connectivity index (χ0) is 18.8. The summed E-state index contributed by atoms with van der Waals surface area (Å²) in [4.78, 5) is 36.9. The van der Waals surface area contributed by atoms with E-state index in [1.54, 1.807) is 6.92 Å². The molecule has 1 aliphatic rings. The van der Waals surface area contributed by atoms with Crippen molar-refractivity contribution in [3.8, 4) is 0 Å². The minimum absolute atomic E-state index is 0.171. The summed E-state index contributed by atoms with van der Waals surface area (Å²) in [6.07, 6.45) is 0.365. The summed E-state index contributed by atoms with van der Waals surface area (Å²) in [5.41, 5.74) is 0.874. The second-order valence-corrected chi connectivity index (χ2v) is 6.03. The van der Waals surface area contributed by atoms with Crippen LogP contribution in [0.4, 0.5) is 14.5 Å². The molecule has 1 heterocycles. The van der Waals surface area contributed by atoms with E-state index in [0.29, 0.717) is 11.3 Å². The molecule has 134 valence electrons. The van der Waals surface area contributed by atoms with E-state index in [1.165, 1.54) is 30.3 Å². The molecule has 0 aliphatic carbocycles. The second-order valence-electron chi connectivity index (χ2n) is 6.03. The van der Waals surface area contributed by atoms with Crippen molar-refractivity contribution in [2.75, 3.05) is 4.90 Å². The van der Waals surface area contributed by atoms with Crippen LogP contribution >= 0.6 is 0 Å². The Kier molecular flexibility index (Phi) is 4.79. The van der Waals surface area contributed by atoms with Gasteiger partial charge < -0.3 is 5.32 Å². The van der Waals surface area contributed by atoms with Crippen molar-refractivity contribution in [2.24, 2.45) is 0 Å². The first-order valence-electron chi connectivity index (χ1n) is 8.08. The molecule has 5 nitrogen and oxygen atoms in total. The fourth-order valence-electron chi connectivity index (χ4n) is 2.84. The molecule has 1 saturated heterocycles. The van der Waals surface area contributed by atoms with Gasteiger partial charge in [0.25, 0.3) is 5.91 Å². The van der Waals surface area contributed by atoms with Crippen LogP contribution < -0.4 is 10.2 Å². The van der Waals surface area contributed by atoms with Crippen molar-refractivity contribution < 1.29 is 23.2 Å². The number of imide groups is 1. The fourth-order valence-corrected chi connectivity index (χ4v) is 2.84. The third kappa shape index (κ3) is 3.46. The molecule has 0 saturated carbocycles. The molecule has 1 atom stereocenters. The molecule has 0 spiro atoms. The van der Waals surface area contributed by atoms with Gasteiger partial charge in [-0.25, -0.2) is 8.78 Å². The van der Waals surface area contributed by atoms with Crippen molar-refractivity contribution in [3.05, 3.63) is 65.2 Å². The standard InChI is InChI=1S/C19H16F2N2O3/c1-11(15-7-4-13(20)10-16(15)21)22-19(26)12-2-5-14(6-3-12)23-17(24)8-9-18(23)25/h2-7,10-11H,8-9H2,1H3,(H,22,26)/t11-/m0/s1. The number of halogens is 2. The van der Waals surface area contributed by atoms with Crippen LogP contribution in [0.25, 0.3) is 0 Å².